The highest BCUT2D eigenvalue weighted by Gasteiger charge is 2.32. The maximum absolute atomic E-state index is 13.9. The van der Waals surface area contributed by atoms with E-state index in [2.05, 4.69) is 5.32 Å². The number of nitrogens with one attached hydrogen (secondary N) is 1. The van der Waals surface area contributed by atoms with Gasteiger partial charge in [-0.05, 0) is 69.2 Å². The van der Waals surface area contributed by atoms with Crippen LogP contribution in [0, 0.1) is 13.8 Å². The molecule has 1 unspecified atom stereocenters. The number of ether oxygens (including phenoxy) is 1. The number of hydrogen-bond acceptors (Lipinski definition) is 5. The van der Waals surface area contributed by atoms with Crippen molar-refractivity contribution in [1.82, 2.24) is 10.2 Å². The first-order valence-electron chi connectivity index (χ1n) is 12.9. The highest BCUT2D eigenvalue weighted by Crippen LogP contribution is 2.27. The van der Waals surface area contributed by atoms with Crippen molar-refractivity contribution >= 4 is 27.5 Å². The second kappa shape index (κ2) is 13.3. The first-order chi connectivity index (χ1) is 18.6. The van der Waals surface area contributed by atoms with Gasteiger partial charge >= 0.3 is 0 Å². The van der Waals surface area contributed by atoms with E-state index in [0.29, 0.717) is 18.0 Å². The van der Waals surface area contributed by atoms with Crippen molar-refractivity contribution in [2.24, 2.45) is 0 Å². The summed E-state index contributed by atoms with van der Waals surface area (Å²) in [5, 5.41) is 2.84. The van der Waals surface area contributed by atoms with Crippen LogP contribution in [0.25, 0.3) is 0 Å². The van der Waals surface area contributed by atoms with E-state index in [-0.39, 0.29) is 17.3 Å². The van der Waals surface area contributed by atoms with Crippen LogP contribution in [-0.2, 0) is 26.2 Å². The zero-order valence-corrected chi connectivity index (χ0v) is 24.0. The van der Waals surface area contributed by atoms with Crippen molar-refractivity contribution in [3.05, 3.63) is 89.5 Å². The number of methoxy groups -OCH3 is 1. The fourth-order valence-corrected chi connectivity index (χ4v) is 5.40. The molecule has 0 bridgehead atoms. The molecule has 3 rings (SSSR count). The molecular weight excluding hydrogens is 514 g/mol. The summed E-state index contributed by atoms with van der Waals surface area (Å²) >= 11 is 0. The number of aryl methyl sites for hydroxylation is 2. The fourth-order valence-electron chi connectivity index (χ4n) is 3.98. The van der Waals surface area contributed by atoms with Crippen molar-refractivity contribution in [2.45, 2.75) is 51.6 Å². The summed E-state index contributed by atoms with van der Waals surface area (Å²) in [6, 6.07) is 19.8. The molecular formula is C30H37N3O5S. The molecule has 0 aromatic heterocycles. The van der Waals surface area contributed by atoms with Crippen LogP contribution in [0.3, 0.4) is 0 Å². The lowest BCUT2D eigenvalue weighted by Gasteiger charge is -2.32. The highest BCUT2D eigenvalue weighted by atomic mass is 32.2. The number of anilines is 1. The minimum atomic E-state index is -4.11. The maximum atomic E-state index is 13.9. The summed E-state index contributed by atoms with van der Waals surface area (Å²) in [6.07, 6.45) is 0.754. The number of carbonyl (C=O) groups is 2. The van der Waals surface area contributed by atoms with E-state index in [1.54, 1.807) is 43.3 Å². The summed E-state index contributed by atoms with van der Waals surface area (Å²) in [5.41, 5.74) is 3.13. The maximum Gasteiger partial charge on any atom is 0.264 e. The van der Waals surface area contributed by atoms with Crippen molar-refractivity contribution in [3.63, 3.8) is 0 Å². The molecule has 0 saturated carbocycles. The number of benzene rings is 3. The number of carbonyl (C=O) groups excluding carboxylic acids is 2. The predicted octanol–water partition coefficient (Wildman–Crippen LogP) is 4.45. The van der Waals surface area contributed by atoms with E-state index in [1.165, 1.54) is 24.1 Å². The van der Waals surface area contributed by atoms with Crippen LogP contribution in [0.5, 0.6) is 5.75 Å². The lowest BCUT2D eigenvalue weighted by atomic mass is 10.1. The molecule has 0 heterocycles. The minimum Gasteiger partial charge on any atom is -0.497 e. The van der Waals surface area contributed by atoms with E-state index in [1.807, 2.05) is 45.0 Å². The van der Waals surface area contributed by atoms with Gasteiger partial charge < -0.3 is 15.0 Å². The molecule has 208 valence electrons. The van der Waals surface area contributed by atoms with Gasteiger partial charge in [-0.15, -0.1) is 0 Å². The molecule has 1 N–H and O–H groups in total. The SMILES string of the molecule is CCCNC(=O)C(C)N(Cc1ccc(C)cc1)C(=O)CN(c1ccc(OC)cc1)S(=O)(=O)c1ccc(C)cc1. The molecule has 0 fully saturated rings. The molecule has 0 aliphatic rings. The Morgan fingerprint density at radius 2 is 1.46 bits per heavy atom. The van der Waals surface area contributed by atoms with Gasteiger partial charge in [0.2, 0.25) is 11.8 Å². The van der Waals surface area contributed by atoms with Gasteiger partial charge in [0.15, 0.2) is 0 Å². The third-order valence-corrected chi connectivity index (χ3v) is 8.23. The van der Waals surface area contributed by atoms with Crippen molar-refractivity contribution in [1.29, 1.82) is 0 Å². The molecule has 8 nitrogen and oxygen atoms in total. The topological polar surface area (TPSA) is 96.0 Å². The third kappa shape index (κ3) is 7.60. The van der Waals surface area contributed by atoms with Gasteiger partial charge in [-0.1, -0.05) is 54.4 Å². The van der Waals surface area contributed by atoms with Gasteiger partial charge in [0.05, 0.1) is 17.7 Å². The molecule has 0 saturated heterocycles. The second-order valence-electron chi connectivity index (χ2n) is 9.50. The largest absolute Gasteiger partial charge is 0.497 e. The normalized spacial score (nSPS) is 11.9. The Morgan fingerprint density at radius 1 is 0.897 bits per heavy atom. The predicted molar refractivity (Wildman–Crippen MR) is 153 cm³/mol. The van der Waals surface area contributed by atoms with Crippen molar-refractivity contribution in [2.75, 3.05) is 24.5 Å². The molecule has 0 spiro atoms. The van der Waals surface area contributed by atoms with E-state index < -0.39 is 28.5 Å². The Labute approximate surface area is 231 Å². The number of sulfonamides is 1. The van der Waals surface area contributed by atoms with Gasteiger partial charge in [-0.25, -0.2) is 8.42 Å². The van der Waals surface area contributed by atoms with Crippen LogP contribution in [0.4, 0.5) is 5.69 Å². The standard InChI is InChI=1S/C30H37N3O5S/c1-6-19-31-30(35)24(4)32(20-25-11-7-22(2)8-12-25)29(34)21-33(26-13-15-27(38-5)16-14-26)39(36,37)28-17-9-23(3)10-18-28/h7-18,24H,6,19-21H2,1-5H3,(H,31,35). The zero-order chi connectivity index (χ0) is 28.6. The summed E-state index contributed by atoms with van der Waals surface area (Å²) in [7, 11) is -2.59. The second-order valence-corrected chi connectivity index (χ2v) is 11.4. The van der Waals surface area contributed by atoms with Crippen LogP contribution >= 0.6 is 0 Å². The van der Waals surface area contributed by atoms with Crippen molar-refractivity contribution in [3.8, 4) is 5.75 Å². The Hall–Kier alpha value is -3.85. The van der Waals surface area contributed by atoms with Crippen LogP contribution in [0.2, 0.25) is 0 Å². The smallest absolute Gasteiger partial charge is 0.264 e. The number of amides is 2. The summed E-state index contributed by atoms with van der Waals surface area (Å²) in [5.74, 6) is -0.240. The minimum absolute atomic E-state index is 0.0653. The van der Waals surface area contributed by atoms with E-state index in [4.69, 9.17) is 4.74 Å². The van der Waals surface area contributed by atoms with Crippen LogP contribution in [0.15, 0.2) is 77.7 Å². The number of rotatable bonds is 12. The molecule has 0 aliphatic heterocycles. The first-order valence-corrected chi connectivity index (χ1v) is 14.4. The molecule has 3 aromatic carbocycles. The lowest BCUT2D eigenvalue weighted by Crippen LogP contribution is -2.51. The first kappa shape index (κ1) is 29.7. The summed E-state index contributed by atoms with van der Waals surface area (Å²) < 4.78 is 34.0. The quantitative estimate of drug-likeness (QED) is 0.359. The molecule has 2 amide bonds. The average molecular weight is 552 g/mol. The summed E-state index contributed by atoms with van der Waals surface area (Å²) in [4.78, 5) is 28.3. The lowest BCUT2D eigenvalue weighted by molar-refractivity contribution is -0.139. The van der Waals surface area contributed by atoms with Gasteiger partial charge in [-0.2, -0.15) is 0 Å². The van der Waals surface area contributed by atoms with Crippen molar-refractivity contribution < 1.29 is 22.7 Å². The molecule has 1 atom stereocenters. The van der Waals surface area contributed by atoms with Gasteiger partial charge in [0, 0.05) is 13.1 Å². The van der Waals surface area contributed by atoms with E-state index >= 15 is 0 Å². The Balaban J connectivity index is 2.01. The number of nitrogens with zero attached hydrogens (tertiary/aromatic N) is 2. The van der Waals surface area contributed by atoms with Gasteiger partial charge in [0.25, 0.3) is 10.0 Å². The zero-order valence-electron chi connectivity index (χ0n) is 23.2. The Bertz CT molecular complexity index is 1360. The Kier molecular flexibility index (Phi) is 10.1. The van der Waals surface area contributed by atoms with Crippen LogP contribution in [-0.4, -0.2) is 51.4 Å². The van der Waals surface area contributed by atoms with E-state index in [0.717, 1.165) is 27.4 Å². The van der Waals surface area contributed by atoms with Crippen LogP contribution in [0.1, 0.15) is 37.0 Å². The van der Waals surface area contributed by atoms with Gasteiger partial charge in [0.1, 0.15) is 18.3 Å². The third-order valence-electron chi connectivity index (χ3n) is 6.44. The fraction of sp³-hybridized carbons (Fsp3) is 0.333. The van der Waals surface area contributed by atoms with E-state index in [9.17, 15) is 18.0 Å². The highest BCUT2D eigenvalue weighted by molar-refractivity contribution is 7.92. The number of hydrogen-bond donors (Lipinski definition) is 1. The molecule has 3 aromatic rings. The average Bonchev–Trinajstić information content (AvgIpc) is 2.94. The molecule has 0 aliphatic carbocycles. The Morgan fingerprint density at radius 3 is 2.00 bits per heavy atom. The van der Waals surface area contributed by atoms with Crippen LogP contribution < -0.4 is 14.4 Å². The summed E-state index contributed by atoms with van der Waals surface area (Å²) in [6.45, 7) is 7.59. The monoisotopic (exact) mass is 551 g/mol. The van der Waals surface area contributed by atoms with Gasteiger partial charge in [-0.3, -0.25) is 13.9 Å². The molecule has 9 heteroatoms. The molecule has 39 heavy (non-hydrogen) atoms. The molecule has 0 radical (unpaired) electrons.